The Kier molecular flexibility index (Phi) is 4.80. The zero-order valence-electron chi connectivity index (χ0n) is 11.9. The van der Waals surface area contributed by atoms with Gasteiger partial charge in [-0.2, -0.15) is 0 Å². The number of rotatable bonds is 2. The van der Waals surface area contributed by atoms with E-state index in [1.807, 2.05) is 0 Å². The third-order valence-electron chi connectivity index (χ3n) is 2.85. The van der Waals surface area contributed by atoms with Crippen molar-refractivity contribution in [3.63, 3.8) is 0 Å². The summed E-state index contributed by atoms with van der Waals surface area (Å²) in [5.41, 5.74) is -1.71. The van der Waals surface area contributed by atoms with Crippen molar-refractivity contribution in [3.8, 4) is 0 Å². The Balaban J connectivity index is 2.81. The first kappa shape index (κ1) is 16.1. The highest BCUT2D eigenvalue weighted by atomic mass is 16.6. The summed E-state index contributed by atoms with van der Waals surface area (Å²) in [6.45, 7) is 5.58. The molecule has 1 aliphatic rings. The Morgan fingerprint density at radius 1 is 1.45 bits per heavy atom. The van der Waals surface area contributed by atoms with E-state index in [0.717, 1.165) is 6.21 Å². The van der Waals surface area contributed by atoms with E-state index >= 15 is 0 Å². The lowest BCUT2D eigenvalue weighted by molar-refractivity contribution is 0.0434. The van der Waals surface area contributed by atoms with Gasteiger partial charge in [-0.3, -0.25) is 0 Å². The van der Waals surface area contributed by atoms with Gasteiger partial charge in [0.25, 0.3) is 0 Å². The molecule has 0 aromatic rings. The predicted molar refractivity (Wildman–Crippen MR) is 71.2 cm³/mol. The number of hydrogen-bond acceptors (Lipinski definition) is 5. The average molecular weight is 287 g/mol. The molecule has 0 bridgehead atoms. The van der Waals surface area contributed by atoms with Gasteiger partial charge in [-0.1, -0.05) is 5.16 Å². The zero-order chi connectivity index (χ0) is 15.4. The fourth-order valence-corrected chi connectivity index (χ4v) is 2.10. The van der Waals surface area contributed by atoms with Crippen molar-refractivity contribution in [2.45, 2.75) is 44.8 Å². The minimum atomic E-state index is -1.08. The van der Waals surface area contributed by atoms with Gasteiger partial charge in [0, 0.05) is 6.54 Å². The molecular formula is C12H21N3O5. The molecule has 20 heavy (non-hydrogen) atoms. The van der Waals surface area contributed by atoms with Crippen molar-refractivity contribution in [1.82, 2.24) is 10.2 Å². The first-order chi connectivity index (χ1) is 9.17. The van der Waals surface area contributed by atoms with E-state index in [2.05, 4.69) is 10.5 Å². The Morgan fingerprint density at radius 2 is 2.10 bits per heavy atom. The highest BCUT2D eigenvalue weighted by Gasteiger charge is 2.38. The molecule has 1 saturated heterocycles. The number of nitrogens with one attached hydrogen (secondary N) is 1. The summed E-state index contributed by atoms with van der Waals surface area (Å²) in [4.78, 5) is 24.0. The van der Waals surface area contributed by atoms with E-state index in [0.29, 0.717) is 19.4 Å². The van der Waals surface area contributed by atoms with Crippen LogP contribution in [-0.2, 0) is 4.74 Å². The number of piperidine rings is 1. The van der Waals surface area contributed by atoms with Crippen LogP contribution in [0.2, 0.25) is 0 Å². The fourth-order valence-electron chi connectivity index (χ4n) is 2.10. The molecule has 1 fully saturated rings. The molecule has 0 aliphatic carbocycles. The van der Waals surface area contributed by atoms with Gasteiger partial charge >= 0.3 is 12.2 Å². The lowest BCUT2D eigenvalue weighted by atomic mass is 9.90. The molecule has 3 N–H and O–H groups in total. The second-order valence-electron chi connectivity index (χ2n) is 5.84. The normalized spacial score (nSPS) is 23.6. The van der Waals surface area contributed by atoms with E-state index in [4.69, 9.17) is 15.1 Å². The second kappa shape index (κ2) is 5.98. The molecule has 8 nitrogen and oxygen atoms in total. The summed E-state index contributed by atoms with van der Waals surface area (Å²) in [6.07, 6.45) is 0.413. The quantitative estimate of drug-likeness (QED) is 0.404. The number of carbonyl (C=O) groups is 2. The molecule has 1 unspecified atom stereocenters. The third-order valence-corrected chi connectivity index (χ3v) is 2.85. The van der Waals surface area contributed by atoms with Gasteiger partial charge in [0.1, 0.15) is 5.60 Å². The maximum atomic E-state index is 11.8. The number of carbonyl (C=O) groups excluding carboxylic acids is 1. The smallest absolute Gasteiger partial charge is 0.408 e. The highest BCUT2D eigenvalue weighted by molar-refractivity contribution is 5.80. The van der Waals surface area contributed by atoms with Gasteiger partial charge in [-0.05, 0) is 33.6 Å². The van der Waals surface area contributed by atoms with Crippen LogP contribution < -0.4 is 5.32 Å². The van der Waals surface area contributed by atoms with Gasteiger partial charge in [0.15, 0.2) is 0 Å². The molecule has 1 atom stereocenters. The molecular weight excluding hydrogens is 266 g/mol. The Morgan fingerprint density at radius 3 is 2.60 bits per heavy atom. The maximum Gasteiger partial charge on any atom is 0.408 e. The van der Waals surface area contributed by atoms with Crippen LogP contribution in [0.3, 0.4) is 0 Å². The van der Waals surface area contributed by atoms with Crippen molar-refractivity contribution < 1.29 is 24.6 Å². The van der Waals surface area contributed by atoms with E-state index in [9.17, 15) is 9.59 Å². The minimum Gasteiger partial charge on any atom is -0.465 e. The number of likely N-dealkylation sites (tertiary alicyclic amines) is 1. The van der Waals surface area contributed by atoms with Crippen molar-refractivity contribution in [3.05, 3.63) is 0 Å². The van der Waals surface area contributed by atoms with Crippen molar-refractivity contribution >= 4 is 18.4 Å². The highest BCUT2D eigenvalue weighted by Crippen LogP contribution is 2.21. The van der Waals surface area contributed by atoms with Crippen LogP contribution in [0.15, 0.2) is 5.16 Å². The van der Waals surface area contributed by atoms with E-state index in [1.54, 1.807) is 20.8 Å². The van der Waals surface area contributed by atoms with Crippen LogP contribution in [0.5, 0.6) is 0 Å². The number of ether oxygens (including phenoxy) is 1. The van der Waals surface area contributed by atoms with Gasteiger partial charge in [-0.15, -0.1) is 0 Å². The molecule has 0 radical (unpaired) electrons. The first-order valence-corrected chi connectivity index (χ1v) is 6.35. The van der Waals surface area contributed by atoms with Crippen LogP contribution in [0.4, 0.5) is 9.59 Å². The van der Waals surface area contributed by atoms with Crippen molar-refractivity contribution in [1.29, 1.82) is 0 Å². The predicted octanol–water partition coefficient (Wildman–Crippen LogP) is 1.48. The summed E-state index contributed by atoms with van der Waals surface area (Å²) in [7, 11) is 0. The van der Waals surface area contributed by atoms with Crippen LogP contribution in [-0.4, -0.2) is 57.8 Å². The van der Waals surface area contributed by atoms with Gasteiger partial charge < -0.3 is 25.3 Å². The topological polar surface area (TPSA) is 111 Å². The number of carboxylic acid groups (broad SMARTS) is 1. The van der Waals surface area contributed by atoms with Crippen molar-refractivity contribution in [2.24, 2.45) is 5.16 Å². The molecule has 0 spiro atoms. The number of nitrogens with zero attached hydrogens (tertiary/aromatic N) is 2. The average Bonchev–Trinajstić information content (AvgIpc) is 2.26. The second-order valence-corrected chi connectivity index (χ2v) is 5.84. The SMILES string of the molecule is CC(C)(C)OC(=O)NC1(C=NO)CCCN(C(=O)O)C1. The number of alkyl carbamates (subject to hydrolysis) is 1. The summed E-state index contributed by atoms with van der Waals surface area (Å²) in [6, 6.07) is 0. The summed E-state index contributed by atoms with van der Waals surface area (Å²) in [5.74, 6) is 0. The monoisotopic (exact) mass is 287 g/mol. The van der Waals surface area contributed by atoms with E-state index in [-0.39, 0.29) is 6.54 Å². The molecule has 0 aromatic carbocycles. The fraction of sp³-hybridized carbons (Fsp3) is 0.750. The lowest BCUT2D eigenvalue weighted by Crippen LogP contribution is -2.61. The number of hydrogen-bond donors (Lipinski definition) is 3. The molecule has 1 aliphatic heterocycles. The molecule has 1 heterocycles. The minimum absolute atomic E-state index is 0.0195. The van der Waals surface area contributed by atoms with Gasteiger partial charge in [0.05, 0.1) is 18.3 Å². The maximum absolute atomic E-state index is 11.8. The lowest BCUT2D eigenvalue weighted by Gasteiger charge is -2.39. The van der Waals surface area contributed by atoms with Crippen LogP contribution in [0.1, 0.15) is 33.6 Å². The van der Waals surface area contributed by atoms with Crippen LogP contribution in [0.25, 0.3) is 0 Å². The summed E-state index contributed by atoms with van der Waals surface area (Å²) in [5, 5.41) is 23.4. The number of oxime groups is 1. The molecule has 8 heteroatoms. The standard InChI is InChI=1S/C12H21N3O5/c1-11(2,3)20-9(16)14-12(7-13-19)5-4-6-15(8-12)10(17)18/h7,19H,4-6,8H2,1-3H3,(H,14,16)(H,17,18). The Labute approximate surface area is 117 Å². The first-order valence-electron chi connectivity index (χ1n) is 6.35. The van der Waals surface area contributed by atoms with E-state index < -0.39 is 23.3 Å². The number of amides is 2. The summed E-state index contributed by atoms with van der Waals surface area (Å²) < 4.78 is 5.15. The van der Waals surface area contributed by atoms with E-state index in [1.165, 1.54) is 4.90 Å². The molecule has 2 amide bonds. The summed E-state index contributed by atoms with van der Waals surface area (Å²) >= 11 is 0. The Bertz CT molecular complexity index is 404. The van der Waals surface area contributed by atoms with Gasteiger partial charge in [0.2, 0.25) is 0 Å². The van der Waals surface area contributed by atoms with Crippen molar-refractivity contribution in [2.75, 3.05) is 13.1 Å². The molecule has 114 valence electrons. The van der Waals surface area contributed by atoms with Gasteiger partial charge in [-0.25, -0.2) is 9.59 Å². The Hall–Kier alpha value is -1.99. The zero-order valence-corrected chi connectivity index (χ0v) is 11.9. The van der Waals surface area contributed by atoms with Crippen LogP contribution in [0, 0.1) is 0 Å². The van der Waals surface area contributed by atoms with Crippen LogP contribution >= 0.6 is 0 Å². The largest absolute Gasteiger partial charge is 0.465 e. The third kappa shape index (κ3) is 4.60. The molecule has 0 aromatic heterocycles. The molecule has 0 saturated carbocycles. The molecule has 1 rings (SSSR count).